The molecular formula is C14H24Cl2N4O3. The molecule has 0 aromatic carbocycles. The van der Waals surface area contributed by atoms with E-state index in [1.54, 1.807) is 11.6 Å². The summed E-state index contributed by atoms with van der Waals surface area (Å²) in [6, 6.07) is 0. The second kappa shape index (κ2) is 7.92. The summed E-state index contributed by atoms with van der Waals surface area (Å²) in [6.07, 6.45) is 0. The Morgan fingerprint density at radius 1 is 1.39 bits per heavy atom. The van der Waals surface area contributed by atoms with Gasteiger partial charge in [0.15, 0.2) is 0 Å². The number of aliphatic hydroxyl groups is 1. The third-order valence-corrected chi connectivity index (χ3v) is 4.21. The maximum atomic E-state index is 12.3. The summed E-state index contributed by atoms with van der Waals surface area (Å²) >= 11 is 0. The fourth-order valence-corrected chi connectivity index (χ4v) is 3.00. The molecule has 7 nitrogen and oxygen atoms in total. The van der Waals surface area contributed by atoms with E-state index in [4.69, 9.17) is 4.74 Å². The van der Waals surface area contributed by atoms with Crippen molar-refractivity contribution in [2.24, 2.45) is 7.05 Å². The molecule has 1 saturated heterocycles. The van der Waals surface area contributed by atoms with E-state index in [0.29, 0.717) is 39.4 Å². The van der Waals surface area contributed by atoms with Crippen LogP contribution in [0.15, 0.2) is 4.79 Å². The SMILES string of the molecule is Cc1nc2c(c(=O)n1C)CN(CC1(O)CNCCOC1)C2.Cl.Cl. The quantitative estimate of drug-likeness (QED) is 0.741. The molecule has 3 rings (SSSR count). The molecule has 2 N–H and O–H groups in total. The first-order valence-corrected chi connectivity index (χ1v) is 7.27. The lowest BCUT2D eigenvalue weighted by Gasteiger charge is -2.30. The zero-order valence-electron chi connectivity index (χ0n) is 13.4. The minimum absolute atomic E-state index is 0. The largest absolute Gasteiger partial charge is 0.385 e. The number of nitrogens with one attached hydrogen (secondary N) is 1. The molecule has 0 bridgehead atoms. The van der Waals surface area contributed by atoms with E-state index in [0.717, 1.165) is 23.6 Å². The van der Waals surface area contributed by atoms with Gasteiger partial charge in [-0.25, -0.2) is 4.98 Å². The number of aromatic nitrogens is 2. The zero-order chi connectivity index (χ0) is 15.0. The van der Waals surface area contributed by atoms with Crippen LogP contribution >= 0.6 is 24.8 Å². The summed E-state index contributed by atoms with van der Waals surface area (Å²) < 4.78 is 7.02. The van der Waals surface area contributed by atoms with Crippen molar-refractivity contribution in [1.29, 1.82) is 0 Å². The molecule has 2 aliphatic rings. The minimum atomic E-state index is -0.918. The van der Waals surface area contributed by atoms with Crippen LogP contribution in [0.3, 0.4) is 0 Å². The first-order chi connectivity index (χ1) is 9.98. The van der Waals surface area contributed by atoms with Crippen molar-refractivity contribution < 1.29 is 9.84 Å². The molecule has 1 aromatic heterocycles. The van der Waals surface area contributed by atoms with Crippen molar-refractivity contribution >= 4 is 24.8 Å². The summed E-state index contributed by atoms with van der Waals surface area (Å²) in [5.74, 6) is 0.721. The smallest absolute Gasteiger partial charge is 0.258 e. The lowest BCUT2D eigenvalue weighted by Crippen LogP contribution is -2.50. The Morgan fingerprint density at radius 2 is 2.13 bits per heavy atom. The van der Waals surface area contributed by atoms with Crippen molar-refractivity contribution in [3.8, 4) is 0 Å². The molecular weight excluding hydrogens is 343 g/mol. The normalized spacial score (nSPS) is 24.3. The third kappa shape index (κ3) is 4.23. The fourth-order valence-electron chi connectivity index (χ4n) is 3.00. The Morgan fingerprint density at radius 3 is 2.87 bits per heavy atom. The van der Waals surface area contributed by atoms with Crippen LogP contribution in [0.1, 0.15) is 17.1 Å². The molecule has 0 aliphatic carbocycles. The van der Waals surface area contributed by atoms with Gasteiger partial charge in [-0.2, -0.15) is 0 Å². The van der Waals surface area contributed by atoms with E-state index in [1.807, 2.05) is 6.92 Å². The van der Waals surface area contributed by atoms with Crippen molar-refractivity contribution in [2.45, 2.75) is 25.6 Å². The van der Waals surface area contributed by atoms with E-state index in [2.05, 4.69) is 15.2 Å². The molecule has 1 unspecified atom stereocenters. The van der Waals surface area contributed by atoms with E-state index >= 15 is 0 Å². The van der Waals surface area contributed by atoms with Crippen LogP contribution in [0.4, 0.5) is 0 Å². The minimum Gasteiger partial charge on any atom is -0.385 e. The number of halogens is 2. The maximum Gasteiger partial charge on any atom is 0.258 e. The molecule has 1 aromatic rings. The zero-order valence-corrected chi connectivity index (χ0v) is 15.0. The summed E-state index contributed by atoms with van der Waals surface area (Å²) in [5, 5.41) is 13.8. The Labute approximate surface area is 147 Å². The predicted molar refractivity (Wildman–Crippen MR) is 91.5 cm³/mol. The number of hydrogen-bond donors (Lipinski definition) is 2. The molecule has 0 amide bonds. The van der Waals surface area contributed by atoms with Gasteiger partial charge in [0.1, 0.15) is 11.4 Å². The van der Waals surface area contributed by atoms with Gasteiger partial charge in [0, 0.05) is 39.8 Å². The second-order valence-electron chi connectivity index (χ2n) is 6.05. The average molecular weight is 367 g/mol. The van der Waals surface area contributed by atoms with Gasteiger partial charge in [0.2, 0.25) is 0 Å². The number of β-amino-alcohol motifs (C(OH)–C–C–N with tert-alkyl or cyclic N) is 1. The van der Waals surface area contributed by atoms with Gasteiger partial charge in [-0.05, 0) is 6.92 Å². The number of hydrogen-bond acceptors (Lipinski definition) is 6. The van der Waals surface area contributed by atoms with Gasteiger partial charge < -0.3 is 15.2 Å². The summed E-state index contributed by atoms with van der Waals surface area (Å²) in [6.45, 7) is 5.64. The van der Waals surface area contributed by atoms with Crippen LogP contribution in [0.25, 0.3) is 0 Å². The first kappa shape index (κ1) is 20.3. The van der Waals surface area contributed by atoms with Crippen LogP contribution in [0.2, 0.25) is 0 Å². The second-order valence-corrected chi connectivity index (χ2v) is 6.05. The molecule has 132 valence electrons. The Hall–Kier alpha value is -0.700. The lowest BCUT2D eigenvalue weighted by atomic mass is 10.1. The topological polar surface area (TPSA) is 79.6 Å². The molecule has 3 heterocycles. The van der Waals surface area contributed by atoms with Crippen LogP contribution in [0, 0.1) is 6.92 Å². The van der Waals surface area contributed by atoms with Gasteiger partial charge in [-0.3, -0.25) is 14.3 Å². The van der Waals surface area contributed by atoms with E-state index in [-0.39, 0.29) is 30.4 Å². The van der Waals surface area contributed by atoms with E-state index < -0.39 is 5.60 Å². The molecule has 0 spiro atoms. The Bertz CT molecular complexity index is 600. The highest BCUT2D eigenvalue weighted by molar-refractivity contribution is 5.85. The highest BCUT2D eigenvalue weighted by Gasteiger charge is 2.34. The van der Waals surface area contributed by atoms with Gasteiger partial charge in [-0.1, -0.05) is 0 Å². The van der Waals surface area contributed by atoms with Crippen LogP contribution in [-0.4, -0.2) is 58.0 Å². The van der Waals surface area contributed by atoms with Gasteiger partial charge in [-0.15, -0.1) is 24.8 Å². The summed E-state index contributed by atoms with van der Waals surface area (Å²) in [5.41, 5.74) is 0.678. The van der Waals surface area contributed by atoms with Crippen molar-refractivity contribution in [2.75, 3.05) is 32.8 Å². The van der Waals surface area contributed by atoms with Crippen LogP contribution in [0.5, 0.6) is 0 Å². The predicted octanol–water partition coefficient (Wildman–Crippen LogP) is -0.401. The van der Waals surface area contributed by atoms with E-state index in [9.17, 15) is 9.90 Å². The van der Waals surface area contributed by atoms with Crippen LogP contribution in [-0.2, 0) is 24.9 Å². The molecule has 0 saturated carbocycles. The number of ether oxygens (including phenoxy) is 1. The first-order valence-electron chi connectivity index (χ1n) is 7.27. The van der Waals surface area contributed by atoms with Gasteiger partial charge >= 0.3 is 0 Å². The van der Waals surface area contributed by atoms with E-state index in [1.165, 1.54) is 0 Å². The number of rotatable bonds is 2. The average Bonchev–Trinajstić information content (AvgIpc) is 2.69. The highest BCUT2D eigenvalue weighted by atomic mass is 35.5. The number of fused-ring (bicyclic) bond motifs is 1. The molecule has 9 heteroatoms. The van der Waals surface area contributed by atoms with Crippen molar-refractivity contribution in [3.63, 3.8) is 0 Å². The monoisotopic (exact) mass is 366 g/mol. The molecule has 0 radical (unpaired) electrons. The molecule has 1 atom stereocenters. The lowest BCUT2D eigenvalue weighted by molar-refractivity contribution is -0.0499. The third-order valence-electron chi connectivity index (χ3n) is 4.21. The standard InChI is InChI=1S/C14H22N4O3.2ClH/c1-10-16-12-6-18(5-11(12)13(19)17(10)2)8-14(20)7-15-3-4-21-9-14;;/h15,20H,3-9H2,1-2H3;2*1H. The Kier molecular flexibility index (Phi) is 7.00. The van der Waals surface area contributed by atoms with Crippen LogP contribution < -0.4 is 10.9 Å². The summed E-state index contributed by atoms with van der Waals surface area (Å²) in [7, 11) is 1.74. The number of aryl methyl sites for hydroxylation is 1. The molecule has 1 fully saturated rings. The molecule has 23 heavy (non-hydrogen) atoms. The fraction of sp³-hybridized carbons (Fsp3) is 0.714. The number of nitrogens with zero attached hydrogens (tertiary/aromatic N) is 3. The highest BCUT2D eigenvalue weighted by Crippen LogP contribution is 2.21. The Balaban J connectivity index is 0.00000132. The van der Waals surface area contributed by atoms with Gasteiger partial charge in [0.05, 0.1) is 24.5 Å². The molecule has 2 aliphatic heterocycles. The summed E-state index contributed by atoms with van der Waals surface area (Å²) in [4.78, 5) is 18.8. The van der Waals surface area contributed by atoms with Crippen molar-refractivity contribution in [3.05, 3.63) is 27.4 Å². The van der Waals surface area contributed by atoms with Crippen molar-refractivity contribution in [1.82, 2.24) is 19.8 Å². The maximum absolute atomic E-state index is 12.3. The van der Waals surface area contributed by atoms with Gasteiger partial charge in [0.25, 0.3) is 5.56 Å².